The van der Waals surface area contributed by atoms with Gasteiger partial charge in [-0.15, -0.1) is 0 Å². The van der Waals surface area contributed by atoms with Gasteiger partial charge in [0.2, 0.25) is 0 Å². The van der Waals surface area contributed by atoms with Crippen molar-refractivity contribution in [2.45, 2.75) is 75.9 Å². The molecule has 0 radical (unpaired) electrons. The lowest BCUT2D eigenvalue weighted by Crippen LogP contribution is -2.47. The number of likely N-dealkylation sites (tertiary alicyclic amines) is 1. The van der Waals surface area contributed by atoms with Crippen molar-refractivity contribution in [3.63, 3.8) is 0 Å². The standard InChI is InChI=1S/C30H32F6N2O3/c31-29(32,33)23-15-22(16-24(17-23)30(34,35)36)28(40)38-12-11-21(14-25(38)13-20-7-3-1-4-8-20)18-37-19-27(39)41-26-9-5-2-6-10-26/h1,3-4,7-8,15-18,21,25-26H,2,5-6,9-14,19H2/t21?,25-/m1/s1. The van der Waals surface area contributed by atoms with Crippen LogP contribution < -0.4 is 0 Å². The highest BCUT2D eigenvalue weighted by atomic mass is 19.4. The van der Waals surface area contributed by atoms with E-state index >= 15 is 0 Å². The number of nitrogens with zero attached hydrogens (tertiary/aromatic N) is 2. The van der Waals surface area contributed by atoms with Gasteiger partial charge in [-0.1, -0.05) is 36.8 Å². The van der Waals surface area contributed by atoms with Gasteiger partial charge in [0.05, 0.1) is 11.1 Å². The summed E-state index contributed by atoms with van der Waals surface area (Å²) in [6.07, 6.45) is -2.53. The first kappa shape index (κ1) is 30.6. The van der Waals surface area contributed by atoms with Crippen molar-refractivity contribution in [1.82, 2.24) is 4.90 Å². The Morgan fingerprint density at radius 2 is 1.54 bits per heavy atom. The predicted octanol–water partition coefficient (Wildman–Crippen LogP) is 7.13. The van der Waals surface area contributed by atoms with Crippen LogP contribution in [0.4, 0.5) is 26.3 Å². The number of hydrogen-bond donors (Lipinski definition) is 0. The van der Waals surface area contributed by atoms with E-state index in [2.05, 4.69) is 4.99 Å². The highest BCUT2D eigenvalue weighted by molar-refractivity contribution is 5.95. The quantitative estimate of drug-likeness (QED) is 0.198. The molecule has 1 saturated heterocycles. The van der Waals surface area contributed by atoms with Crippen LogP contribution in [0.5, 0.6) is 0 Å². The van der Waals surface area contributed by atoms with Crippen LogP contribution in [0.3, 0.4) is 0 Å². The molecule has 1 unspecified atom stereocenters. The minimum absolute atomic E-state index is 0.0141. The summed E-state index contributed by atoms with van der Waals surface area (Å²) in [5.74, 6) is -1.44. The maximum atomic E-state index is 13.5. The Bertz CT molecular complexity index is 1190. The highest BCUT2D eigenvalue weighted by Crippen LogP contribution is 2.37. The molecular weight excluding hydrogens is 550 g/mol. The molecule has 2 aliphatic rings. The van der Waals surface area contributed by atoms with Crippen molar-refractivity contribution >= 4 is 18.1 Å². The third-order valence-electron chi connectivity index (χ3n) is 7.55. The topological polar surface area (TPSA) is 59.0 Å². The molecule has 5 nitrogen and oxygen atoms in total. The Labute approximate surface area is 234 Å². The first-order valence-electron chi connectivity index (χ1n) is 13.7. The summed E-state index contributed by atoms with van der Waals surface area (Å²) >= 11 is 0. The number of piperidine rings is 1. The molecule has 222 valence electrons. The van der Waals surface area contributed by atoms with Gasteiger partial charge in [0.25, 0.3) is 5.91 Å². The fourth-order valence-corrected chi connectivity index (χ4v) is 5.49. The molecule has 4 rings (SSSR count). The minimum Gasteiger partial charge on any atom is -0.461 e. The summed E-state index contributed by atoms with van der Waals surface area (Å²) in [5, 5.41) is 0. The lowest BCUT2D eigenvalue weighted by atomic mass is 9.87. The van der Waals surface area contributed by atoms with Crippen molar-refractivity contribution in [1.29, 1.82) is 0 Å². The van der Waals surface area contributed by atoms with Gasteiger partial charge in [0.15, 0.2) is 0 Å². The number of esters is 1. The van der Waals surface area contributed by atoms with Crippen molar-refractivity contribution in [3.05, 3.63) is 70.8 Å². The van der Waals surface area contributed by atoms with Crippen molar-refractivity contribution in [2.24, 2.45) is 10.9 Å². The van der Waals surface area contributed by atoms with Gasteiger partial charge in [0, 0.05) is 24.4 Å². The molecule has 11 heteroatoms. The molecule has 1 saturated carbocycles. The Morgan fingerprint density at radius 1 is 0.902 bits per heavy atom. The smallest absolute Gasteiger partial charge is 0.416 e. The number of alkyl halides is 6. The molecule has 0 N–H and O–H groups in total. The number of amides is 1. The zero-order valence-electron chi connectivity index (χ0n) is 22.4. The van der Waals surface area contributed by atoms with Crippen molar-refractivity contribution < 1.29 is 40.7 Å². The van der Waals surface area contributed by atoms with Gasteiger partial charge in [-0.25, -0.2) is 0 Å². The van der Waals surface area contributed by atoms with E-state index in [1.165, 1.54) is 4.90 Å². The highest BCUT2D eigenvalue weighted by Gasteiger charge is 2.39. The lowest BCUT2D eigenvalue weighted by molar-refractivity contribution is -0.148. The fraction of sp³-hybridized carbons (Fsp3) is 0.500. The van der Waals surface area contributed by atoms with Crippen LogP contribution in [0.2, 0.25) is 0 Å². The largest absolute Gasteiger partial charge is 0.461 e. The van der Waals surface area contributed by atoms with Crippen molar-refractivity contribution in [3.8, 4) is 0 Å². The van der Waals surface area contributed by atoms with Crippen LogP contribution >= 0.6 is 0 Å². The van der Waals surface area contributed by atoms with Gasteiger partial charge >= 0.3 is 18.3 Å². The Morgan fingerprint density at radius 3 is 2.15 bits per heavy atom. The van der Waals surface area contributed by atoms with Crippen LogP contribution in [-0.4, -0.2) is 48.2 Å². The molecule has 2 aromatic carbocycles. The lowest BCUT2D eigenvalue weighted by Gasteiger charge is -2.39. The molecule has 2 atom stereocenters. The maximum absolute atomic E-state index is 13.5. The first-order chi connectivity index (χ1) is 19.4. The van der Waals surface area contributed by atoms with E-state index in [4.69, 9.17) is 4.74 Å². The monoisotopic (exact) mass is 582 g/mol. The number of carbonyl (C=O) groups excluding carboxylic acids is 2. The molecule has 2 aromatic rings. The van der Waals surface area contributed by atoms with E-state index in [0.717, 1.165) is 37.7 Å². The summed E-state index contributed by atoms with van der Waals surface area (Å²) in [6, 6.07) is 9.57. The summed E-state index contributed by atoms with van der Waals surface area (Å²) < 4.78 is 86.0. The second-order valence-electron chi connectivity index (χ2n) is 10.7. The SMILES string of the molecule is O=C(CN=CC1CCN(C(=O)c2cc(C(F)(F)F)cc(C(F)(F)F)c2)[C@H](Cc2ccccc2)C1)OC1CCCCC1. The molecular formula is C30H32F6N2O3. The average molecular weight is 583 g/mol. The molecule has 2 fully saturated rings. The number of ether oxygens (including phenoxy) is 1. The number of benzene rings is 2. The summed E-state index contributed by atoms with van der Waals surface area (Å²) in [5.41, 5.74) is -2.86. The van der Waals surface area contributed by atoms with E-state index in [-0.39, 0.29) is 31.2 Å². The van der Waals surface area contributed by atoms with Crippen LogP contribution in [-0.2, 0) is 28.3 Å². The average Bonchev–Trinajstić information content (AvgIpc) is 2.93. The zero-order valence-corrected chi connectivity index (χ0v) is 22.4. The van der Waals surface area contributed by atoms with Gasteiger partial charge in [-0.2, -0.15) is 26.3 Å². The number of carbonyl (C=O) groups is 2. The number of hydrogen-bond acceptors (Lipinski definition) is 4. The molecule has 1 amide bonds. The first-order valence-corrected chi connectivity index (χ1v) is 13.7. The second-order valence-corrected chi connectivity index (χ2v) is 10.7. The van der Waals surface area contributed by atoms with E-state index in [9.17, 15) is 35.9 Å². The number of aliphatic imine (C=N–C) groups is 1. The fourth-order valence-electron chi connectivity index (χ4n) is 5.49. The van der Waals surface area contributed by atoms with Gasteiger partial charge in [-0.3, -0.25) is 14.6 Å². The van der Waals surface area contributed by atoms with E-state index in [0.29, 0.717) is 31.4 Å². The Balaban J connectivity index is 1.51. The van der Waals surface area contributed by atoms with Crippen LogP contribution in [0.25, 0.3) is 0 Å². The third-order valence-corrected chi connectivity index (χ3v) is 7.55. The van der Waals surface area contributed by atoms with Crippen LogP contribution in [0.1, 0.15) is 72.0 Å². The minimum atomic E-state index is -5.05. The third kappa shape index (κ3) is 8.56. The van der Waals surface area contributed by atoms with E-state index < -0.39 is 47.0 Å². The molecule has 0 spiro atoms. The van der Waals surface area contributed by atoms with Gasteiger partial charge < -0.3 is 9.64 Å². The molecule has 1 aliphatic carbocycles. The summed E-state index contributed by atoms with van der Waals surface area (Å²) in [4.78, 5) is 31.3. The van der Waals surface area contributed by atoms with E-state index in [1.54, 1.807) is 6.21 Å². The molecule has 0 bridgehead atoms. The molecule has 1 heterocycles. The molecule has 0 aromatic heterocycles. The van der Waals surface area contributed by atoms with Gasteiger partial charge in [-0.05, 0) is 74.6 Å². The summed E-state index contributed by atoms with van der Waals surface area (Å²) in [6.45, 7) is -0.0272. The molecule has 1 aliphatic heterocycles. The second kappa shape index (κ2) is 13.1. The van der Waals surface area contributed by atoms with E-state index in [1.807, 2.05) is 30.3 Å². The van der Waals surface area contributed by atoms with Crippen LogP contribution in [0.15, 0.2) is 53.5 Å². The Hall–Kier alpha value is -3.37. The number of rotatable bonds is 7. The van der Waals surface area contributed by atoms with Crippen molar-refractivity contribution in [2.75, 3.05) is 13.1 Å². The number of halogens is 6. The van der Waals surface area contributed by atoms with Crippen LogP contribution in [0, 0.1) is 5.92 Å². The maximum Gasteiger partial charge on any atom is 0.416 e. The molecule has 41 heavy (non-hydrogen) atoms. The predicted molar refractivity (Wildman–Crippen MR) is 140 cm³/mol. The normalized spacial score (nSPS) is 20.8. The zero-order chi connectivity index (χ0) is 29.6. The Kier molecular flexibility index (Phi) is 9.76. The van der Waals surface area contributed by atoms with Gasteiger partial charge in [0.1, 0.15) is 12.6 Å². The summed E-state index contributed by atoms with van der Waals surface area (Å²) in [7, 11) is 0.